The summed E-state index contributed by atoms with van der Waals surface area (Å²) in [6, 6.07) is 6.14. The quantitative estimate of drug-likeness (QED) is 0.794. The van der Waals surface area contributed by atoms with Crippen LogP contribution in [0.5, 0.6) is 0 Å². The van der Waals surface area contributed by atoms with E-state index in [4.69, 9.17) is 0 Å². The van der Waals surface area contributed by atoms with Gasteiger partial charge in [0.15, 0.2) is 0 Å². The Morgan fingerprint density at radius 2 is 1.79 bits per heavy atom. The first-order valence-corrected chi connectivity index (χ1v) is 11.1. The molecule has 0 spiro atoms. The van der Waals surface area contributed by atoms with Gasteiger partial charge >= 0.3 is 0 Å². The molecule has 1 aromatic carbocycles. The molecule has 6 rings (SSSR count). The number of rotatable bonds is 4. The average Bonchev–Trinajstić information content (AvgIpc) is 3.52. The lowest BCUT2D eigenvalue weighted by molar-refractivity contribution is -0.140. The van der Waals surface area contributed by atoms with Gasteiger partial charge in [-0.25, -0.2) is 4.39 Å². The zero-order chi connectivity index (χ0) is 19.3. The van der Waals surface area contributed by atoms with Crippen LogP contribution >= 0.6 is 0 Å². The molecule has 5 aliphatic rings. The highest BCUT2D eigenvalue weighted by atomic mass is 19.1. The Morgan fingerprint density at radius 3 is 2.50 bits per heavy atom. The van der Waals surface area contributed by atoms with Crippen molar-refractivity contribution in [1.29, 1.82) is 0 Å². The lowest BCUT2D eigenvalue weighted by Gasteiger charge is -2.40. The van der Waals surface area contributed by atoms with Crippen LogP contribution in [0.3, 0.4) is 0 Å². The van der Waals surface area contributed by atoms with Crippen molar-refractivity contribution in [3.63, 3.8) is 0 Å². The fourth-order valence-electron chi connectivity index (χ4n) is 5.64. The maximum atomic E-state index is 13.4. The van der Waals surface area contributed by atoms with Crippen LogP contribution in [0, 0.1) is 24.6 Å². The van der Waals surface area contributed by atoms with Crippen LogP contribution in [0.2, 0.25) is 0 Å². The van der Waals surface area contributed by atoms with E-state index >= 15 is 0 Å². The van der Waals surface area contributed by atoms with Gasteiger partial charge in [-0.1, -0.05) is 0 Å². The molecule has 28 heavy (non-hydrogen) atoms. The lowest BCUT2D eigenvalue weighted by Crippen LogP contribution is -2.50. The van der Waals surface area contributed by atoms with Gasteiger partial charge in [-0.15, -0.1) is 0 Å². The zero-order valence-corrected chi connectivity index (χ0v) is 16.9. The highest BCUT2D eigenvalue weighted by molar-refractivity contribution is 5.80. The third-order valence-electron chi connectivity index (χ3n) is 7.45. The van der Waals surface area contributed by atoms with Gasteiger partial charge in [0, 0.05) is 50.5 Å². The van der Waals surface area contributed by atoms with Crippen LogP contribution in [0.15, 0.2) is 18.2 Å². The fourth-order valence-corrected chi connectivity index (χ4v) is 5.64. The highest BCUT2D eigenvalue weighted by Gasteiger charge is 2.44. The molecule has 2 unspecified atom stereocenters. The summed E-state index contributed by atoms with van der Waals surface area (Å²) in [5.74, 6) is 1.27. The molecule has 4 heterocycles. The monoisotopic (exact) mass is 385 g/mol. The van der Waals surface area contributed by atoms with Crippen molar-refractivity contribution >= 4 is 11.6 Å². The molecular weight excluding hydrogens is 353 g/mol. The Morgan fingerprint density at radius 1 is 1.00 bits per heavy atom. The Balaban J connectivity index is 1.23. The van der Waals surface area contributed by atoms with Crippen molar-refractivity contribution in [2.45, 2.75) is 57.5 Å². The van der Waals surface area contributed by atoms with E-state index in [0.717, 1.165) is 63.5 Å². The van der Waals surface area contributed by atoms with E-state index in [9.17, 15) is 9.18 Å². The normalized spacial score (nSPS) is 29.4. The molecule has 2 bridgehead atoms. The van der Waals surface area contributed by atoms with Gasteiger partial charge in [0.1, 0.15) is 5.82 Å². The van der Waals surface area contributed by atoms with Crippen molar-refractivity contribution in [3.8, 4) is 0 Å². The second-order valence-electron chi connectivity index (χ2n) is 9.47. The van der Waals surface area contributed by atoms with E-state index in [1.807, 2.05) is 13.0 Å². The summed E-state index contributed by atoms with van der Waals surface area (Å²) in [5, 5.41) is 0. The number of hydrogen-bond acceptors (Lipinski definition) is 3. The molecule has 0 N–H and O–H groups in total. The number of amides is 1. The van der Waals surface area contributed by atoms with Crippen LogP contribution in [0.1, 0.15) is 44.1 Å². The van der Waals surface area contributed by atoms with E-state index in [1.54, 1.807) is 12.1 Å². The Labute approximate surface area is 167 Å². The second-order valence-corrected chi connectivity index (χ2v) is 9.47. The van der Waals surface area contributed by atoms with E-state index in [-0.39, 0.29) is 11.7 Å². The third-order valence-corrected chi connectivity index (χ3v) is 7.45. The predicted octanol–water partition coefficient (Wildman–Crippen LogP) is 3.44. The van der Waals surface area contributed by atoms with Gasteiger partial charge in [0.2, 0.25) is 5.91 Å². The lowest BCUT2D eigenvalue weighted by atomic mass is 9.93. The molecule has 0 aromatic heterocycles. The number of carbonyl (C=O) groups excluding carboxylic acids is 1. The Bertz CT molecular complexity index is 741. The second kappa shape index (κ2) is 7.33. The van der Waals surface area contributed by atoms with E-state index in [0.29, 0.717) is 18.0 Å². The molecule has 4 nitrogen and oxygen atoms in total. The number of aryl methyl sites for hydroxylation is 1. The van der Waals surface area contributed by atoms with Crippen molar-refractivity contribution < 1.29 is 9.18 Å². The molecule has 4 aliphatic heterocycles. The summed E-state index contributed by atoms with van der Waals surface area (Å²) < 4.78 is 13.4. The molecular formula is C23H32FN3O. The minimum Gasteiger partial charge on any atom is -0.371 e. The van der Waals surface area contributed by atoms with Gasteiger partial charge in [-0.2, -0.15) is 0 Å². The van der Waals surface area contributed by atoms with E-state index in [1.165, 1.54) is 24.9 Å². The Kier molecular flexibility index (Phi) is 4.82. The van der Waals surface area contributed by atoms with Crippen LogP contribution in [-0.4, -0.2) is 60.5 Å². The molecule has 1 saturated carbocycles. The summed E-state index contributed by atoms with van der Waals surface area (Å²) in [6.45, 7) is 7.06. The molecule has 1 amide bonds. The topological polar surface area (TPSA) is 26.8 Å². The summed E-state index contributed by atoms with van der Waals surface area (Å²) in [4.78, 5) is 20.3. The van der Waals surface area contributed by atoms with Crippen LogP contribution < -0.4 is 4.90 Å². The van der Waals surface area contributed by atoms with Crippen molar-refractivity contribution in [2.75, 3.05) is 37.6 Å². The number of halogens is 1. The number of nitrogens with zero attached hydrogens (tertiary/aromatic N) is 3. The third kappa shape index (κ3) is 3.54. The largest absolute Gasteiger partial charge is 0.371 e. The molecule has 2 atom stereocenters. The molecule has 4 saturated heterocycles. The molecule has 5 fully saturated rings. The van der Waals surface area contributed by atoms with E-state index in [2.05, 4.69) is 14.7 Å². The average molecular weight is 386 g/mol. The predicted molar refractivity (Wildman–Crippen MR) is 109 cm³/mol. The maximum Gasteiger partial charge on any atom is 0.227 e. The van der Waals surface area contributed by atoms with Gasteiger partial charge in [0.25, 0.3) is 0 Å². The molecule has 152 valence electrons. The molecule has 1 aliphatic carbocycles. The number of hydrogen-bond donors (Lipinski definition) is 0. The summed E-state index contributed by atoms with van der Waals surface area (Å²) >= 11 is 0. The first-order valence-electron chi connectivity index (χ1n) is 11.1. The number of fused-ring (bicyclic) bond motifs is 4. The first-order chi connectivity index (χ1) is 13.6. The van der Waals surface area contributed by atoms with Gasteiger partial charge in [-0.05, 0) is 75.1 Å². The zero-order valence-electron chi connectivity index (χ0n) is 16.9. The first kappa shape index (κ1) is 18.4. The van der Waals surface area contributed by atoms with Crippen molar-refractivity contribution in [2.24, 2.45) is 11.8 Å². The fraction of sp³-hybridized carbons (Fsp3) is 0.696. The maximum absolute atomic E-state index is 13.4. The molecule has 1 aromatic rings. The number of benzene rings is 1. The number of carbonyl (C=O) groups is 1. The van der Waals surface area contributed by atoms with Crippen LogP contribution in [0.4, 0.5) is 10.1 Å². The van der Waals surface area contributed by atoms with E-state index < -0.39 is 0 Å². The Hall–Kier alpha value is -1.62. The summed E-state index contributed by atoms with van der Waals surface area (Å²) in [7, 11) is 0. The standard InChI is InChI=1S/C23H32FN3O/c1-16-12-19(24)5-7-22(16)25-10-8-20(9-11-25)26-14-18-4-6-21(15-26)27(23(18)28)13-17-2-3-17/h5,7,12,17-18,20-21H,2-4,6,8-11,13-15H2,1H3. The minimum absolute atomic E-state index is 0.156. The number of anilines is 1. The number of piperidine rings is 2. The summed E-state index contributed by atoms with van der Waals surface area (Å²) in [6.07, 6.45) is 7.15. The van der Waals surface area contributed by atoms with Gasteiger partial charge < -0.3 is 9.80 Å². The van der Waals surface area contributed by atoms with Crippen LogP contribution in [-0.2, 0) is 4.79 Å². The molecule has 0 radical (unpaired) electrons. The SMILES string of the molecule is Cc1cc(F)ccc1N1CCC(N2CC3CCC(C2)N(CC2CC2)C3=O)CC1. The van der Waals surface area contributed by atoms with Crippen molar-refractivity contribution in [3.05, 3.63) is 29.6 Å². The van der Waals surface area contributed by atoms with Crippen molar-refractivity contribution in [1.82, 2.24) is 9.80 Å². The van der Waals surface area contributed by atoms with Gasteiger partial charge in [0.05, 0.1) is 5.92 Å². The highest BCUT2D eigenvalue weighted by Crippen LogP contribution is 2.37. The summed E-state index contributed by atoms with van der Waals surface area (Å²) in [5.41, 5.74) is 2.19. The van der Waals surface area contributed by atoms with Crippen LogP contribution in [0.25, 0.3) is 0 Å². The van der Waals surface area contributed by atoms with Gasteiger partial charge in [-0.3, -0.25) is 9.69 Å². The minimum atomic E-state index is -0.156. The molecule has 5 heteroatoms. The smallest absolute Gasteiger partial charge is 0.227 e.